The number of aromatic nitrogens is 3. The number of imidazole rings is 1. The lowest BCUT2D eigenvalue weighted by atomic mass is 10.1. The number of anilines is 1. The quantitative estimate of drug-likeness (QED) is 0.551. The van der Waals surface area contributed by atoms with Gasteiger partial charge in [-0.25, -0.2) is 4.98 Å². The van der Waals surface area contributed by atoms with E-state index in [0.29, 0.717) is 0 Å². The molecule has 0 fully saturated rings. The summed E-state index contributed by atoms with van der Waals surface area (Å²) >= 11 is 1.60. The van der Waals surface area contributed by atoms with Crippen molar-refractivity contribution in [2.75, 3.05) is 5.73 Å². The summed E-state index contributed by atoms with van der Waals surface area (Å²) in [5, 5.41) is 2.94. The highest BCUT2D eigenvalue weighted by Crippen LogP contribution is 2.34. The lowest BCUT2D eigenvalue weighted by Crippen LogP contribution is -1.89. The van der Waals surface area contributed by atoms with Gasteiger partial charge in [-0.15, -0.1) is 0 Å². The van der Waals surface area contributed by atoms with Crippen LogP contribution in [0.1, 0.15) is 0 Å². The molecule has 4 aromatic rings. The van der Waals surface area contributed by atoms with Crippen LogP contribution in [0.3, 0.4) is 0 Å². The summed E-state index contributed by atoms with van der Waals surface area (Å²) in [7, 11) is 0. The molecule has 21 heavy (non-hydrogen) atoms. The summed E-state index contributed by atoms with van der Waals surface area (Å²) < 4.78 is 0. The Bertz CT molecular complexity index is 912. The van der Waals surface area contributed by atoms with Gasteiger partial charge in [0.25, 0.3) is 0 Å². The number of nitrogen functional groups attached to an aromatic ring is 1. The Balaban J connectivity index is 1.82. The second-order valence-electron chi connectivity index (χ2n) is 4.74. The normalized spacial score (nSPS) is 11.2. The summed E-state index contributed by atoms with van der Waals surface area (Å²) in [6, 6.07) is 13.9. The second-order valence-corrected chi connectivity index (χ2v) is 5.77. The fourth-order valence-electron chi connectivity index (χ4n) is 2.36. The first-order valence-corrected chi connectivity index (χ1v) is 7.38. The van der Waals surface area contributed by atoms with Crippen LogP contribution >= 0.6 is 11.8 Å². The van der Waals surface area contributed by atoms with Gasteiger partial charge in [0.2, 0.25) is 0 Å². The van der Waals surface area contributed by atoms with Crippen LogP contribution < -0.4 is 5.73 Å². The predicted octanol–water partition coefficient (Wildman–Crippen LogP) is 3.84. The van der Waals surface area contributed by atoms with Gasteiger partial charge in [-0.1, -0.05) is 23.9 Å². The number of pyridine rings is 1. The van der Waals surface area contributed by atoms with E-state index in [0.717, 1.165) is 37.5 Å². The number of H-pyrrole nitrogens is 1. The molecule has 2 aromatic carbocycles. The number of fused-ring (bicyclic) bond motifs is 2. The van der Waals surface area contributed by atoms with E-state index in [1.165, 1.54) is 0 Å². The molecular formula is C16H12N4S. The van der Waals surface area contributed by atoms with Crippen molar-refractivity contribution in [1.82, 2.24) is 15.0 Å². The van der Waals surface area contributed by atoms with Gasteiger partial charge in [-0.3, -0.25) is 4.98 Å². The first-order valence-electron chi connectivity index (χ1n) is 6.56. The van der Waals surface area contributed by atoms with Gasteiger partial charge in [-0.05, 0) is 30.3 Å². The van der Waals surface area contributed by atoms with Gasteiger partial charge in [0.05, 0.1) is 11.0 Å². The highest BCUT2D eigenvalue weighted by atomic mass is 32.2. The molecule has 2 heterocycles. The molecule has 0 unspecified atom stereocenters. The molecule has 0 aliphatic heterocycles. The number of para-hydroxylation sites is 2. The van der Waals surface area contributed by atoms with Crippen LogP contribution in [0.4, 0.5) is 5.69 Å². The van der Waals surface area contributed by atoms with E-state index in [1.807, 2.05) is 42.5 Å². The average Bonchev–Trinajstić information content (AvgIpc) is 2.93. The monoisotopic (exact) mass is 292 g/mol. The van der Waals surface area contributed by atoms with Crippen LogP contribution in [0.15, 0.2) is 64.9 Å². The van der Waals surface area contributed by atoms with Gasteiger partial charge in [-0.2, -0.15) is 0 Å². The lowest BCUT2D eigenvalue weighted by Gasteiger charge is -2.06. The van der Waals surface area contributed by atoms with Crippen LogP contribution in [0.2, 0.25) is 0 Å². The Hall–Kier alpha value is -2.53. The Morgan fingerprint density at radius 3 is 2.81 bits per heavy atom. The number of hydrogen-bond donors (Lipinski definition) is 2. The largest absolute Gasteiger partial charge is 0.398 e. The molecule has 4 nitrogen and oxygen atoms in total. The number of aromatic amines is 1. The van der Waals surface area contributed by atoms with Crippen molar-refractivity contribution >= 4 is 39.3 Å². The zero-order valence-electron chi connectivity index (χ0n) is 11.1. The molecule has 3 N–H and O–H groups in total. The molecule has 0 bridgehead atoms. The summed E-state index contributed by atoms with van der Waals surface area (Å²) in [6.07, 6.45) is 3.58. The zero-order valence-corrected chi connectivity index (χ0v) is 11.9. The average molecular weight is 292 g/mol. The number of nitrogens with one attached hydrogen (secondary N) is 1. The molecule has 0 atom stereocenters. The Kier molecular flexibility index (Phi) is 2.79. The van der Waals surface area contributed by atoms with Gasteiger partial charge in [0.15, 0.2) is 5.16 Å². The Morgan fingerprint density at radius 1 is 1.00 bits per heavy atom. The highest BCUT2D eigenvalue weighted by molar-refractivity contribution is 7.99. The van der Waals surface area contributed by atoms with E-state index in [1.54, 1.807) is 24.2 Å². The maximum atomic E-state index is 6.01. The standard InChI is InChI=1S/C16H12N4S/c17-12-5-6-15(10-7-8-18-9-11(10)12)21-16-19-13-3-1-2-4-14(13)20-16/h1-9H,17H2,(H,19,20). The van der Waals surface area contributed by atoms with E-state index < -0.39 is 0 Å². The smallest absolute Gasteiger partial charge is 0.171 e. The van der Waals surface area contributed by atoms with Gasteiger partial charge < -0.3 is 10.7 Å². The minimum atomic E-state index is 0.743. The van der Waals surface area contributed by atoms with Crippen molar-refractivity contribution in [3.05, 3.63) is 54.9 Å². The zero-order chi connectivity index (χ0) is 14.2. The third-order valence-electron chi connectivity index (χ3n) is 3.39. The fraction of sp³-hybridized carbons (Fsp3) is 0. The predicted molar refractivity (Wildman–Crippen MR) is 86.4 cm³/mol. The summed E-state index contributed by atoms with van der Waals surface area (Å²) in [4.78, 5) is 13.2. The van der Waals surface area contributed by atoms with Crippen molar-refractivity contribution < 1.29 is 0 Å². The molecule has 0 amide bonds. The minimum absolute atomic E-state index is 0.743. The van der Waals surface area contributed by atoms with Crippen LogP contribution in [0, 0.1) is 0 Å². The molecule has 0 saturated heterocycles. The number of hydrogen-bond acceptors (Lipinski definition) is 4. The first kappa shape index (κ1) is 12.2. The van der Waals surface area contributed by atoms with E-state index in [9.17, 15) is 0 Å². The van der Waals surface area contributed by atoms with Crippen molar-refractivity contribution in [3.63, 3.8) is 0 Å². The molecule has 5 heteroatoms. The number of nitrogens with zero attached hydrogens (tertiary/aromatic N) is 2. The minimum Gasteiger partial charge on any atom is -0.398 e. The summed E-state index contributed by atoms with van der Waals surface area (Å²) in [6.45, 7) is 0. The molecule has 4 rings (SSSR count). The first-order chi connectivity index (χ1) is 10.3. The molecule has 0 aliphatic rings. The Labute approximate surface area is 125 Å². The van der Waals surface area contributed by atoms with Gasteiger partial charge >= 0.3 is 0 Å². The summed E-state index contributed by atoms with van der Waals surface area (Å²) in [5.41, 5.74) is 8.77. The van der Waals surface area contributed by atoms with Crippen LogP contribution in [-0.4, -0.2) is 15.0 Å². The Morgan fingerprint density at radius 2 is 1.90 bits per heavy atom. The topological polar surface area (TPSA) is 67.6 Å². The van der Waals surface area contributed by atoms with E-state index in [2.05, 4.69) is 15.0 Å². The third kappa shape index (κ3) is 2.11. The molecule has 2 aromatic heterocycles. The van der Waals surface area contributed by atoms with Gasteiger partial charge in [0.1, 0.15) is 0 Å². The van der Waals surface area contributed by atoms with Crippen molar-refractivity contribution in [3.8, 4) is 0 Å². The summed E-state index contributed by atoms with van der Waals surface area (Å²) in [5.74, 6) is 0. The van der Waals surface area contributed by atoms with E-state index >= 15 is 0 Å². The number of nitrogens with two attached hydrogens (primary N) is 1. The highest BCUT2D eigenvalue weighted by Gasteiger charge is 2.08. The fourth-order valence-corrected chi connectivity index (χ4v) is 3.29. The third-order valence-corrected chi connectivity index (χ3v) is 4.35. The van der Waals surface area contributed by atoms with Crippen LogP contribution in [-0.2, 0) is 0 Å². The van der Waals surface area contributed by atoms with Crippen molar-refractivity contribution in [2.24, 2.45) is 0 Å². The maximum absolute atomic E-state index is 6.01. The lowest BCUT2D eigenvalue weighted by molar-refractivity contribution is 1.08. The SMILES string of the molecule is Nc1ccc(Sc2nc3ccccc3[nH]2)c2ccncc12. The second kappa shape index (κ2) is 4.79. The van der Waals surface area contributed by atoms with E-state index in [-0.39, 0.29) is 0 Å². The van der Waals surface area contributed by atoms with Crippen molar-refractivity contribution in [1.29, 1.82) is 0 Å². The maximum Gasteiger partial charge on any atom is 0.171 e. The molecule has 0 spiro atoms. The molecular weight excluding hydrogens is 280 g/mol. The van der Waals surface area contributed by atoms with Crippen LogP contribution in [0.25, 0.3) is 21.8 Å². The molecule has 102 valence electrons. The van der Waals surface area contributed by atoms with E-state index in [4.69, 9.17) is 5.73 Å². The number of benzene rings is 2. The van der Waals surface area contributed by atoms with Crippen LogP contribution in [0.5, 0.6) is 0 Å². The molecule has 0 saturated carbocycles. The molecule has 0 aliphatic carbocycles. The molecule has 0 radical (unpaired) electrons. The number of rotatable bonds is 2. The van der Waals surface area contributed by atoms with Gasteiger partial charge in [0, 0.05) is 33.7 Å². The van der Waals surface area contributed by atoms with Crippen molar-refractivity contribution in [2.45, 2.75) is 10.1 Å².